The second kappa shape index (κ2) is 35.2. The van der Waals surface area contributed by atoms with Crippen molar-refractivity contribution in [2.75, 3.05) is 115 Å². The number of para-hydroxylation sites is 1. The summed E-state index contributed by atoms with van der Waals surface area (Å²) in [6.45, 7) is 10.2. The third kappa shape index (κ3) is 19.0. The first-order chi connectivity index (χ1) is 53.2. The van der Waals surface area contributed by atoms with Crippen molar-refractivity contribution >= 4 is 91.7 Å². The number of anilines is 3. The predicted octanol–water partition coefficient (Wildman–Crippen LogP) is 4.99. The van der Waals surface area contributed by atoms with E-state index in [0.29, 0.717) is 59.3 Å². The Morgan fingerprint density at radius 2 is 1.44 bits per heavy atom. The Kier molecular flexibility index (Phi) is 25.6. The molecule has 1 saturated heterocycles. The number of rotatable bonds is 38. The summed E-state index contributed by atoms with van der Waals surface area (Å²) in [5.41, 5.74) is 4.41. The minimum atomic E-state index is -2.00. The molecule has 111 heavy (non-hydrogen) atoms. The first-order valence-electron chi connectivity index (χ1n) is 36.9. The first kappa shape index (κ1) is 80.6. The van der Waals surface area contributed by atoms with Crippen LogP contribution in [0.3, 0.4) is 0 Å². The monoisotopic (exact) mass is 1560 g/mol. The summed E-state index contributed by atoms with van der Waals surface area (Å²) in [4.78, 5) is 128. The molecule has 4 aliphatic carbocycles. The molecule has 9 atom stereocenters. The van der Waals surface area contributed by atoms with Crippen LogP contribution in [0.1, 0.15) is 108 Å². The number of carboxylic acid groups (broad SMARTS) is 2. The molecule has 33 nitrogen and oxygen atoms in total. The van der Waals surface area contributed by atoms with Crippen molar-refractivity contribution < 1.29 is 107 Å². The molecule has 6 heterocycles. The number of carbonyl (C=O) groups excluding carboxylic acids is 7. The molecule has 4 saturated carbocycles. The second-order valence-electron chi connectivity index (χ2n) is 29.6. The fraction of sp³-hybridized carbons (Fsp3) is 0.506. The van der Waals surface area contributed by atoms with E-state index in [1.807, 2.05) is 59.0 Å². The zero-order valence-electron chi connectivity index (χ0n) is 62.1. The van der Waals surface area contributed by atoms with Crippen LogP contribution in [0, 0.1) is 23.2 Å². The van der Waals surface area contributed by atoms with Crippen molar-refractivity contribution in [3.05, 3.63) is 125 Å². The number of hydrogen-bond acceptors (Lipinski definition) is 25. The number of carbonyl (C=O) groups is 9. The zero-order valence-corrected chi connectivity index (χ0v) is 63.0. The fourth-order valence-electron chi connectivity index (χ4n) is 16.5. The maximum atomic E-state index is 13.8. The topological polar surface area (TPSA) is 430 Å². The molecule has 5 fully saturated rings. The van der Waals surface area contributed by atoms with Gasteiger partial charge in [0.15, 0.2) is 16.9 Å². The van der Waals surface area contributed by atoms with Gasteiger partial charge in [-0.15, -0.1) is 0 Å². The minimum absolute atomic E-state index is 0.00128. The Bertz CT molecular complexity index is 4450. The standard InChI is InChI=1S/C77H93N11O22S/c1-46-51(49-13-15-57(83-63(49)69(98)99)86-24-19-48-8-7-9-50(52(48)38-86)68(97)84-72-82-53-10-5-6-11-56(53)111-72)37-80-88(46)45-76-41-74(2)40-75(76,3)43-77(42-74,44-76)108-29-26-85(4)73(102)107-39-47-12-14-55(109-71-66(96)64(94)65(95)67(110-71)70(100)101)54(36-47)81-60(91)18-22-78-59(90)21-27-103-30-32-105-34-35-106-33-31-104-28-23-79-58(89)20-25-87-61(92)16-17-62(87)93/h5-17,36-37,64-67,71,94-96H,18-35,38-45H2,1-4H3,(H,78,90)(H,79,89)(H,81,91)(H,98,99)(H,100,101)(H,82,84,97)/t64-,65-,66-,67-,71+,74?,75?,76?,77?/m0/s1. The number of aliphatic hydroxyl groups is 3. The second-order valence-corrected chi connectivity index (χ2v) is 30.6. The lowest BCUT2D eigenvalue weighted by atomic mass is 9.65. The maximum absolute atomic E-state index is 13.8. The number of thiazole rings is 1. The lowest BCUT2D eigenvalue weighted by Crippen LogP contribution is -2.61. The number of hydrogen-bond donors (Lipinski definition) is 9. The number of aromatic nitrogens is 4. The van der Waals surface area contributed by atoms with E-state index in [9.17, 15) is 68.7 Å². The molecule has 4 unspecified atom stereocenters. The highest BCUT2D eigenvalue weighted by molar-refractivity contribution is 7.22. The fourth-order valence-corrected chi connectivity index (χ4v) is 17.4. The third-order valence-electron chi connectivity index (χ3n) is 21.4. The Labute approximate surface area is 642 Å². The number of nitrogens with zero attached hydrogens (tertiary/aromatic N) is 7. The Hall–Kier alpha value is -9.88. The van der Waals surface area contributed by atoms with E-state index < -0.39 is 78.0 Å². The number of aliphatic hydroxyl groups excluding tert-OH is 3. The van der Waals surface area contributed by atoms with Crippen LogP contribution in [0.4, 0.5) is 21.4 Å². The van der Waals surface area contributed by atoms with Gasteiger partial charge >= 0.3 is 18.0 Å². The zero-order chi connectivity index (χ0) is 78.8. The summed E-state index contributed by atoms with van der Waals surface area (Å²) in [5, 5.41) is 68.4. The summed E-state index contributed by atoms with van der Waals surface area (Å²) < 4.78 is 48.7. The predicted molar refractivity (Wildman–Crippen MR) is 398 cm³/mol. The van der Waals surface area contributed by atoms with Crippen LogP contribution in [0.5, 0.6) is 5.75 Å². The van der Waals surface area contributed by atoms with Crippen LogP contribution in [0.2, 0.25) is 0 Å². The number of fused-ring (bicyclic) bond motifs is 2. The largest absolute Gasteiger partial charge is 0.479 e. The van der Waals surface area contributed by atoms with Gasteiger partial charge in [-0.1, -0.05) is 55.5 Å². The number of nitrogens with one attached hydrogen (secondary N) is 4. The van der Waals surface area contributed by atoms with E-state index in [-0.39, 0.29) is 157 Å². The van der Waals surface area contributed by atoms with Gasteiger partial charge in [-0.05, 0) is 121 Å². The highest BCUT2D eigenvalue weighted by Crippen LogP contribution is 2.78. The summed E-state index contributed by atoms with van der Waals surface area (Å²) in [7, 11) is 1.58. The number of likely N-dealkylation sites (N-methyl/N-ethyl adjacent to an activating group) is 1. The van der Waals surface area contributed by atoms with Crippen molar-refractivity contribution in [2.24, 2.45) is 16.2 Å². The first-order valence-corrected chi connectivity index (χ1v) is 37.7. The number of imide groups is 1. The molecular formula is C77H93N11O22S. The molecule has 3 aromatic heterocycles. The van der Waals surface area contributed by atoms with Crippen molar-refractivity contribution in [2.45, 2.75) is 135 Å². The molecular weight excluding hydrogens is 1460 g/mol. The summed E-state index contributed by atoms with van der Waals surface area (Å²) >= 11 is 1.40. The minimum Gasteiger partial charge on any atom is -0.479 e. The molecule has 7 aliphatic rings. The van der Waals surface area contributed by atoms with E-state index in [4.69, 9.17) is 48.0 Å². The van der Waals surface area contributed by atoms with Crippen molar-refractivity contribution in [3.63, 3.8) is 0 Å². The van der Waals surface area contributed by atoms with Crippen molar-refractivity contribution in [1.29, 1.82) is 0 Å². The van der Waals surface area contributed by atoms with E-state index in [0.717, 1.165) is 76.2 Å². The average molecular weight is 1560 g/mol. The lowest BCUT2D eigenvalue weighted by Gasteiger charge is -2.46. The molecule has 6 aromatic rings. The van der Waals surface area contributed by atoms with E-state index in [2.05, 4.69) is 40.1 Å². The van der Waals surface area contributed by atoms with Gasteiger partial charge < -0.3 is 89.2 Å². The molecule has 3 aromatic carbocycles. The van der Waals surface area contributed by atoms with Gasteiger partial charge in [-0.25, -0.2) is 24.4 Å². The Morgan fingerprint density at radius 1 is 0.721 bits per heavy atom. The van der Waals surface area contributed by atoms with E-state index in [1.54, 1.807) is 25.4 Å². The molecule has 0 radical (unpaired) electrons. The molecule has 9 N–H and O–H groups in total. The number of pyridine rings is 1. The molecule has 0 spiro atoms. The van der Waals surface area contributed by atoms with Gasteiger partial charge in [0.25, 0.3) is 17.7 Å². The smallest absolute Gasteiger partial charge is 0.409 e. The van der Waals surface area contributed by atoms with Crippen molar-refractivity contribution in [3.8, 4) is 16.9 Å². The van der Waals surface area contributed by atoms with Crippen LogP contribution in [-0.2, 0) is 88.0 Å². The van der Waals surface area contributed by atoms with Gasteiger partial charge in [0.1, 0.15) is 36.5 Å². The van der Waals surface area contributed by atoms with Crippen molar-refractivity contribution in [1.82, 2.24) is 40.2 Å². The summed E-state index contributed by atoms with van der Waals surface area (Å²) in [6.07, 6.45) is -1.74. The van der Waals surface area contributed by atoms with Crippen LogP contribution in [0.15, 0.2) is 91.1 Å². The van der Waals surface area contributed by atoms with Gasteiger partial charge in [-0.2, -0.15) is 5.10 Å². The van der Waals surface area contributed by atoms with E-state index in [1.165, 1.54) is 34.4 Å². The summed E-state index contributed by atoms with van der Waals surface area (Å²) in [5.74, 6) is -5.01. The number of aliphatic carboxylic acids is 1. The van der Waals surface area contributed by atoms with Gasteiger partial charge in [0, 0.05) is 107 Å². The Morgan fingerprint density at radius 3 is 2.18 bits per heavy atom. The van der Waals surface area contributed by atoms with Crippen LogP contribution >= 0.6 is 11.3 Å². The van der Waals surface area contributed by atoms with Crippen LogP contribution in [-0.4, -0.2) is 244 Å². The van der Waals surface area contributed by atoms with Crippen LogP contribution in [0.25, 0.3) is 21.3 Å². The van der Waals surface area contributed by atoms with Gasteiger partial charge in [-0.3, -0.25) is 43.7 Å². The van der Waals surface area contributed by atoms with Gasteiger partial charge in [0.2, 0.25) is 24.0 Å². The molecule has 13 rings (SSSR count). The quantitative estimate of drug-likeness (QED) is 0.0182. The molecule has 3 aliphatic heterocycles. The Balaban J connectivity index is 0.587. The molecule has 4 bridgehead atoms. The number of aromatic carboxylic acids is 1. The van der Waals surface area contributed by atoms with Gasteiger partial charge in [0.05, 0.1) is 87.2 Å². The summed E-state index contributed by atoms with van der Waals surface area (Å²) in [6, 6.07) is 21.2. The van der Waals surface area contributed by atoms with E-state index >= 15 is 0 Å². The number of amides is 7. The highest BCUT2D eigenvalue weighted by Gasteiger charge is 2.74. The number of carboxylic acids is 2. The maximum Gasteiger partial charge on any atom is 0.409 e. The lowest BCUT2D eigenvalue weighted by molar-refractivity contribution is -0.271. The SMILES string of the molecule is Cc1c(-c2ccc(N3CCc4cccc(C(=O)Nc5nc6ccccc6s5)c4C3)nc2C(=O)O)cnn1CC12CC3(C)CC(OCCN(C)C(=O)OCc4ccc(O[C@@H]5O[C@H](C(=O)O)[C@@H](O)[C@H](O)[C@@H]5O)c(NC(=O)CCNC(=O)CCOCCOCCOCCOCCNC(=O)CCN5C(=O)C=CC5=O)c4)(CC1(C)C3)C2. The molecule has 594 valence electrons. The molecule has 34 heteroatoms. The average Bonchev–Trinajstić information content (AvgIpc) is 1.50. The van der Waals surface area contributed by atoms with Crippen LogP contribution < -0.4 is 30.9 Å². The molecule has 7 amide bonds. The number of ether oxygens (including phenoxy) is 8. The third-order valence-corrected chi connectivity index (χ3v) is 22.4. The highest BCUT2D eigenvalue weighted by atomic mass is 32.1. The normalized spacial score (nSPS) is 23.6. The number of benzene rings is 3.